The summed E-state index contributed by atoms with van der Waals surface area (Å²) in [6, 6.07) is 14.9. The van der Waals surface area contributed by atoms with E-state index in [0.717, 1.165) is 33.6 Å². The molecule has 0 saturated carbocycles. The zero-order valence-corrected chi connectivity index (χ0v) is 15.6. The smallest absolute Gasteiger partial charge is 0.339 e. The molecule has 3 rings (SSSR count). The largest absolute Gasteiger partial charge is 1.00 e. The van der Waals surface area contributed by atoms with Gasteiger partial charge in [-0.15, -0.1) is 0 Å². The quantitative estimate of drug-likeness (QED) is 0.508. The fraction of sp³-hybridized carbons (Fsp3) is 0.118. The third kappa shape index (κ3) is 4.05. The van der Waals surface area contributed by atoms with Crippen LogP contribution in [-0.2, 0) is 6.54 Å². The van der Waals surface area contributed by atoms with Gasteiger partial charge >= 0.3 is 5.13 Å². The Kier molecular flexibility index (Phi) is 6.04. The maximum Gasteiger partial charge on any atom is 0.339 e. The Balaban J connectivity index is 0.00000192. The van der Waals surface area contributed by atoms with Gasteiger partial charge in [-0.2, -0.15) is 0 Å². The number of nitrogens with zero attached hydrogens (tertiary/aromatic N) is 1. The van der Waals surface area contributed by atoms with Crippen molar-refractivity contribution in [3.8, 4) is 17.0 Å². The van der Waals surface area contributed by atoms with Crippen molar-refractivity contribution < 1.29 is 26.7 Å². The van der Waals surface area contributed by atoms with E-state index >= 15 is 0 Å². The molecule has 0 aliphatic rings. The van der Waals surface area contributed by atoms with Gasteiger partial charge in [-0.3, -0.25) is 0 Å². The molecule has 0 spiro atoms. The minimum atomic E-state index is 0. The van der Waals surface area contributed by atoms with Gasteiger partial charge in [0.05, 0.1) is 6.54 Å². The average molecular weight is 412 g/mol. The van der Waals surface area contributed by atoms with E-state index in [9.17, 15) is 5.11 Å². The molecule has 0 unspecified atom stereocenters. The van der Waals surface area contributed by atoms with Crippen molar-refractivity contribution in [3.63, 3.8) is 0 Å². The molecule has 0 amide bonds. The van der Waals surface area contributed by atoms with Crippen LogP contribution in [-0.4, -0.2) is 5.11 Å². The SMILES string of the molecule is CC[n+]1c(-c2ccc(Cl)cc2)csc1Nc1ccc(O)cc1.[Br-]. The van der Waals surface area contributed by atoms with E-state index in [-0.39, 0.29) is 22.7 Å². The Morgan fingerprint density at radius 1 is 1.09 bits per heavy atom. The lowest BCUT2D eigenvalue weighted by atomic mass is 10.2. The van der Waals surface area contributed by atoms with Crippen molar-refractivity contribution >= 4 is 33.8 Å². The summed E-state index contributed by atoms with van der Waals surface area (Å²) in [4.78, 5) is 0. The molecule has 120 valence electrons. The summed E-state index contributed by atoms with van der Waals surface area (Å²) in [6.45, 7) is 2.98. The lowest BCUT2D eigenvalue weighted by Crippen LogP contribution is -3.00. The van der Waals surface area contributed by atoms with Gasteiger partial charge in [-0.25, -0.2) is 9.88 Å². The van der Waals surface area contributed by atoms with E-state index in [2.05, 4.69) is 22.2 Å². The number of halogens is 2. The molecule has 1 heterocycles. The van der Waals surface area contributed by atoms with Gasteiger partial charge in [0.25, 0.3) is 0 Å². The van der Waals surface area contributed by atoms with Crippen molar-refractivity contribution in [1.29, 1.82) is 0 Å². The van der Waals surface area contributed by atoms with E-state index in [4.69, 9.17) is 11.6 Å². The Morgan fingerprint density at radius 3 is 2.35 bits per heavy atom. The van der Waals surface area contributed by atoms with Gasteiger partial charge in [-0.1, -0.05) is 22.9 Å². The second-order valence-electron chi connectivity index (χ2n) is 4.85. The lowest BCUT2D eigenvalue weighted by molar-refractivity contribution is -0.664. The van der Waals surface area contributed by atoms with E-state index in [1.54, 1.807) is 23.5 Å². The molecule has 1 aromatic heterocycles. The van der Waals surface area contributed by atoms with Gasteiger partial charge in [-0.05, 0) is 55.5 Å². The minimum Gasteiger partial charge on any atom is -1.00 e. The topological polar surface area (TPSA) is 36.1 Å². The molecule has 0 bridgehead atoms. The Hall–Kier alpha value is -1.56. The lowest BCUT2D eigenvalue weighted by Gasteiger charge is -2.04. The molecule has 0 atom stereocenters. The number of phenols is 1. The van der Waals surface area contributed by atoms with Gasteiger partial charge in [0.2, 0.25) is 0 Å². The van der Waals surface area contributed by atoms with Gasteiger partial charge in [0.15, 0.2) is 0 Å². The highest BCUT2D eigenvalue weighted by atomic mass is 79.9. The van der Waals surface area contributed by atoms with Crippen molar-refractivity contribution in [2.24, 2.45) is 0 Å². The van der Waals surface area contributed by atoms with Gasteiger partial charge < -0.3 is 22.1 Å². The fourth-order valence-electron chi connectivity index (χ4n) is 2.27. The standard InChI is InChI=1S/C17H15ClN2OS.BrH/c1-2-20-16(12-3-5-13(18)6-4-12)11-22-17(20)19-14-7-9-15(21)10-8-14;/h3-11,21H,2H2,1H3;1H. The number of aromatic hydroxyl groups is 1. The number of aromatic nitrogens is 1. The molecule has 0 saturated heterocycles. The summed E-state index contributed by atoms with van der Waals surface area (Å²) >= 11 is 7.62. The molecular formula is C17H16BrClN2OS. The Bertz CT molecular complexity index is 772. The molecule has 0 aliphatic heterocycles. The number of nitrogens with one attached hydrogen (secondary N) is 1. The molecule has 6 heteroatoms. The molecule has 3 aromatic rings. The summed E-state index contributed by atoms with van der Waals surface area (Å²) in [5, 5.41) is 16.7. The van der Waals surface area contributed by atoms with Crippen LogP contribution in [0.15, 0.2) is 53.9 Å². The van der Waals surface area contributed by atoms with E-state index in [1.165, 1.54) is 0 Å². The fourth-order valence-corrected chi connectivity index (χ4v) is 3.42. The van der Waals surface area contributed by atoms with Crippen molar-refractivity contribution in [1.82, 2.24) is 0 Å². The first-order chi connectivity index (χ1) is 10.7. The first-order valence-corrected chi connectivity index (χ1v) is 8.26. The summed E-state index contributed by atoms with van der Waals surface area (Å²) in [7, 11) is 0. The van der Waals surface area contributed by atoms with Crippen LogP contribution in [0.5, 0.6) is 5.75 Å². The summed E-state index contributed by atoms with van der Waals surface area (Å²) < 4.78 is 2.22. The average Bonchev–Trinajstić information content (AvgIpc) is 2.93. The van der Waals surface area contributed by atoms with Crippen LogP contribution in [0.2, 0.25) is 5.02 Å². The van der Waals surface area contributed by atoms with E-state index in [1.807, 2.05) is 36.4 Å². The highest BCUT2D eigenvalue weighted by molar-refractivity contribution is 7.13. The molecule has 0 aliphatic carbocycles. The maximum atomic E-state index is 9.36. The molecular weight excluding hydrogens is 396 g/mol. The highest BCUT2D eigenvalue weighted by Crippen LogP contribution is 2.27. The monoisotopic (exact) mass is 410 g/mol. The Labute approximate surface area is 155 Å². The predicted molar refractivity (Wildman–Crippen MR) is 92.0 cm³/mol. The van der Waals surface area contributed by atoms with Crippen LogP contribution in [0.25, 0.3) is 11.3 Å². The third-order valence-electron chi connectivity index (χ3n) is 3.39. The second kappa shape index (κ2) is 7.81. The molecule has 0 radical (unpaired) electrons. The van der Waals surface area contributed by atoms with E-state index in [0.29, 0.717) is 0 Å². The zero-order valence-electron chi connectivity index (χ0n) is 12.5. The normalized spacial score (nSPS) is 10.2. The third-order valence-corrected chi connectivity index (χ3v) is 4.53. The maximum absolute atomic E-state index is 9.36. The molecule has 2 N–H and O–H groups in total. The van der Waals surface area contributed by atoms with Crippen LogP contribution >= 0.6 is 22.9 Å². The van der Waals surface area contributed by atoms with E-state index < -0.39 is 0 Å². The molecule has 23 heavy (non-hydrogen) atoms. The summed E-state index contributed by atoms with van der Waals surface area (Å²) in [5.41, 5.74) is 3.25. The van der Waals surface area contributed by atoms with Crippen molar-refractivity contribution in [3.05, 3.63) is 58.9 Å². The first-order valence-electron chi connectivity index (χ1n) is 7.00. The minimum absolute atomic E-state index is 0. The number of rotatable bonds is 4. The van der Waals surface area contributed by atoms with Crippen molar-refractivity contribution in [2.75, 3.05) is 5.32 Å². The number of hydrogen-bond acceptors (Lipinski definition) is 3. The number of phenolic OH excluding ortho intramolecular Hbond substituents is 1. The van der Waals surface area contributed by atoms with Gasteiger partial charge in [0, 0.05) is 16.0 Å². The summed E-state index contributed by atoms with van der Waals surface area (Å²) in [5.74, 6) is 0.266. The van der Waals surface area contributed by atoms with Crippen LogP contribution < -0.4 is 26.9 Å². The summed E-state index contributed by atoms with van der Waals surface area (Å²) in [6.07, 6.45) is 0. The molecule has 2 aromatic carbocycles. The molecule has 3 nitrogen and oxygen atoms in total. The number of hydrogen-bond donors (Lipinski definition) is 2. The predicted octanol–water partition coefficient (Wildman–Crippen LogP) is 1.83. The van der Waals surface area contributed by atoms with Crippen LogP contribution in [0, 0.1) is 0 Å². The number of thiazole rings is 1. The second-order valence-corrected chi connectivity index (χ2v) is 6.14. The van der Waals surface area contributed by atoms with Crippen LogP contribution in [0.3, 0.4) is 0 Å². The number of benzene rings is 2. The number of anilines is 2. The zero-order chi connectivity index (χ0) is 15.5. The van der Waals surface area contributed by atoms with Crippen molar-refractivity contribution in [2.45, 2.75) is 13.5 Å². The van der Waals surface area contributed by atoms with Gasteiger partial charge in [0.1, 0.15) is 17.1 Å². The molecule has 0 fully saturated rings. The first kappa shape index (κ1) is 17.8. The Morgan fingerprint density at radius 2 is 1.74 bits per heavy atom. The van der Waals surface area contributed by atoms with Crippen LogP contribution in [0.4, 0.5) is 10.8 Å². The van der Waals surface area contributed by atoms with Crippen LogP contribution in [0.1, 0.15) is 6.92 Å². The highest BCUT2D eigenvalue weighted by Gasteiger charge is 2.18.